The van der Waals surface area contributed by atoms with Crippen LogP contribution in [0.3, 0.4) is 0 Å². The summed E-state index contributed by atoms with van der Waals surface area (Å²) in [5.41, 5.74) is 15.0. The molecular formula is C51H36N2. The maximum Gasteiger partial charge on any atom is 0.160 e. The highest BCUT2D eigenvalue weighted by atomic mass is 14.9. The molecule has 0 radical (unpaired) electrons. The lowest BCUT2D eigenvalue weighted by Crippen LogP contribution is -2.14. The summed E-state index contributed by atoms with van der Waals surface area (Å²) in [5, 5.41) is 4.99. The van der Waals surface area contributed by atoms with E-state index in [1.165, 1.54) is 54.9 Å². The SMILES string of the molecule is CC1(C)c2ccccc2-c2cc3c(ccc4cc(-c5cc(-c6cc(-c7ccccc7)cc(-c7ccccc7)c6)nc(-c6ccccc6)n5)ccc43)cc21. The fraction of sp³-hybridized carbons (Fsp3) is 0.0588. The highest BCUT2D eigenvalue weighted by Gasteiger charge is 2.35. The zero-order chi connectivity index (χ0) is 35.5. The van der Waals surface area contributed by atoms with E-state index in [1.807, 2.05) is 18.2 Å². The summed E-state index contributed by atoms with van der Waals surface area (Å²) in [4.78, 5) is 10.4. The minimum absolute atomic E-state index is 0.0252. The van der Waals surface area contributed by atoms with Crippen molar-refractivity contribution in [3.8, 4) is 67.3 Å². The van der Waals surface area contributed by atoms with Gasteiger partial charge < -0.3 is 0 Å². The lowest BCUT2D eigenvalue weighted by atomic mass is 9.81. The maximum absolute atomic E-state index is 5.22. The molecule has 0 bridgehead atoms. The first-order chi connectivity index (χ1) is 26.0. The number of rotatable bonds is 5. The van der Waals surface area contributed by atoms with Crippen LogP contribution >= 0.6 is 0 Å². The van der Waals surface area contributed by atoms with Crippen LogP contribution in [0.25, 0.3) is 88.8 Å². The highest BCUT2D eigenvalue weighted by Crippen LogP contribution is 2.50. The number of aromatic nitrogens is 2. The highest BCUT2D eigenvalue weighted by molar-refractivity contribution is 6.10. The summed E-state index contributed by atoms with van der Waals surface area (Å²) in [6, 6.07) is 65.4. The Kier molecular flexibility index (Phi) is 7.19. The van der Waals surface area contributed by atoms with Gasteiger partial charge in [0, 0.05) is 22.1 Å². The fourth-order valence-corrected chi connectivity index (χ4v) is 8.25. The summed E-state index contributed by atoms with van der Waals surface area (Å²) >= 11 is 0. The number of benzene rings is 8. The largest absolute Gasteiger partial charge is 0.228 e. The predicted molar refractivity (Wildman–Crippen MR) is 222 cm³/mol. The third-order valence-corrected chi connectivity index (χ3v) is 11.0. The molecule has 1 aliphatic rings. The van der Waals surface area contributed by atoms with E-state index in [-0.39, 0.29) is 5.41 Å². The standard InChI is InChI=1S/C51H36N2/c1-51(2)46-21-13-12-20-43(46)45-31-44-37(30-47(45)51)23-22-36-26-38(24-25-42(36)44)48-32-49(53-50(52-48)35-18-10-5-11-19-35)41-28-39(33-14-6-3-7-15-33)27-40(29-41)34-16-8-4-9-17-34/h3-32H,1-2H3. The monoisotopic (exact) mass is 676 g/mol. The van der Waals surface area contributed by atoms with Gasteiger partial charge in [0.2, 0.25) is 0 Å². The molecule has 9 aromatic rings. The average Bonchev–Trinajstić information content (AvgIpc) is 3.45. The van der Waals surface area contributed by atoms with Gasteiger partial charge in [-0.3, -0.25) is 0 Å². The molecule has 0 aliphatic heterocycles. The van der Waals surface area contributed by atoms with Crippen LogP contribution in [0.2, 0.25) is 0 Å². The van der Waals surface area contributed by atoms with Gasteiger partial charge in [-0.1, -0.05) is 153 Å². The van der Waals surface area contributed by atoms with Gasteiger partial charge in [-0.15, -0.1) is 0 Å². The van der Waals surface area contributed by atoms with Gasteiger partial charge in [0.25, 0.3) is 0 Å². The van der Waals surface area contributed by atoms with Crippen LogP contribution in [0.1, 0.15) is 25.0 Å². The molecule has 2 nitrogen and oxygen atoms in total. The molecule has 1 aromatic heterocycles. The molecule has 0 N–H and O–H groups in total. The average molecular weight is 677 g/mol. The molecule has 250 valence electrons. The molecule has 53 heavy (non-hydrogen) atoms. The molecule has 0 saturated carbocycles. The van der Waals surface area contributed by atoms with Crippen LogP contribution < -0.4 is 0 Å². The molecule has 0 fully saturated rings. The van der Waals surface area contributed by atoms with Crippen molar-refractivity contribution in [2.24, 2.45) is 0 Å². The first-order valence-electron chi connectivity index (χ1n) is 18.3. The van der Waals surface area contributed by atoms with Gasteiger partial charge in [0.15, 0.2) is 5.82 Å². The van der Waals surface area contributed by atoms with Crippen LogP contribution in [0.4, 0.5) is 0 Å². The minimum Gasteiger partial charge on any atom is -0.228 e. The molecule has 0 saturated heterocycles. The molecule has 0 unspecified atom stereocenters. The summed E-state index contributed by atoms with van der Waals surface area (Å²) < 4.78 is 0. The smallest absolute Gasteiger partial charge is 0.160 e. The Morgan fingerprint density at radius 3 is 1.55 bits per heavy atom. The van der Waals surface area contributed by atoms with Crippen molar-refractivity contribution in [2.45, 2.75) is 19.3 Å². The van der Waals surface area contributed by atoms with Crippen LogP contribution in [0.5, 0.6) is 0 Å². The van der Waals surface area contributed by atoms with Crippen molar-refractivity contribution in [2.75, 3.05) is 0 Å². The molecule has 1 heterocycles. The number of fused-ring (bicyclic) bond motifs is 6. The van der Waals surface area contributed by atoms with Crippen LogP contribution in [-0.2, 0) is 5.41 Å². The molecule has 2 heteroatoms. The first-order valence-corrected chi connectivity index (χ1v) is 18.3. The van der Waals surface area contributed by atoms with Gasteiger partial charge in [0.1, 0.15) is 0 Å². The summed E-state index contributed by atoms with van der Waals surface area (Å²) in [6.07, 6.45) is 0. The van der Waals surface area contributed by atoms with Crippen LogP contribution in [0, 0.1) is 0 Å². The van der Waals surface area contributed by atoms with Gasteiger partial charge in [-0.2, -0.15) is 0 Å². The van der Waals surface area contributed by atoms with Crippen molar-refractivity contribution in [3.63, 3.8) is 0 Å². The van der Waals surface area contributed by atoms with E-state index < -0.39 is 0 Å². The Morgan fingerprint density at radius 1 is 0.340 bits per heavy atom. The molecule has 0 amide bonds. The number of hydrogen-bond acceptors (Lipinski definition) is 2. The third kappa shape index (κ3) is 5.34. The Morgan fingerprint density at radius 2 is 0.887 bits per heavy atom. The summed E-state index contributed by atoms with van der Waals surface area (Å²) in [6.45, 7) is 4.69. The van der Waals surface area contributed by atoms with Gasteiger partial charge in [-0.05, 0) is 109 Å². The first kappa shape index (κ1) is 31.1. The number of nitrogens with zero attached hydrogens (tertiary/aromatic N) is 2. The van der Waals surface area contributed by atoms with E-state index in [0.717, 1.165) is 39.2 Å². The molecule has 0 atom stereocenters. The molecule has 8 aromatic carbocycles. The molecular weight excluding hydrogens is 641 g/mol. The van der Waals surface area contributed by atoms with E-state index in [2.05, 4.69) is 178 Å². The van der Waals surface area contributed by atoms with Crippen molar-refractivity contribution < 1.29 is 0 Å². The Balaban J connectivity index is 1.14. The zero-order valence-electron chi connectivity index (χ0n) is 29.7. The molecule has 1 aliphatic carbocycles. The Hall–Kier alpha value is -6.64. The predicted octanol–water partition coefficient (Wildman–Crippen LogP) is 13.4. The van der Waals surface area contributed by atoms with Crippen molar-refractivity contribution >= 4 is 21.5 Å². The number of hydrogen-bond donors (Lipinski definition) is 0. The Labute approximate surface area is 310 Å². The second-order valence-electron chi connectivity index (χ2n) is 14.7. The summed E-state index contributed by atoms with van der Waals surface area (Å²) in [5.74, 6) is 0.708. The van der Waals surface area contributed by atoms with Crippen molar-refractivity contribution in [1.29, 1.82) is 0 Å². The molecule has 10 rings (SSSR count). The minimum atomic E-state index is -0.0252. The Bertz CT molecular complexity index is 2780. The lowest BCUT2D eigenvalue weighted by molar-refractivity contribution is 0.661. The van der Waals surface area contributed by atoms with E-state index in [1.54, 1.807) is 0 Å². The summed E-state index contributed by atoms with van der Waals surface area (Å²) in [7, 11) is 0. The normalized spacial score (nSPS) is 12.9. The van der Waals surface area contributed by atoms with E-state index in [0.29, 0.717) is 5.82 Å². The van der Waals surface area contributed by atoms with E-state index in [4.69, 9.17) is 9.97 Å². The fourth-order valence-electron chi connectivity index (χ4n) is 8.25. The van der Waals surface area contributed by atoms with Gasteiger partial charge >= 0.3 is 0 Å². The van der Waals surface area contributed by atoms with Crippen molar-refractivity contribution in [3.05, 3.63) is 193 Å². The second kappa shape index (κ2) is 12.3. The van der Waals surface area contributed by atoms with Crippen LogP contribution in [0.15, 0.2) is 182 Å². The van der Waals surface area contributed by atoms with Gasteiger partial charge in [-0.25, -0.2) is 9.97 Å². The quantitative estimate of drug-likeness (QED) is 0.170. The second-order valence-corrected chi connectivity index (χ2v) is 14.7. The molecule has 0 spiro atoms. The van der Waals surface area contributed by atoms with E-state index in [9.17, 15) is 0 Å². The third-order valence-electron chi connectivity index (χ3n) is 11.0. The lowest BCUT2D eigenvalue weighted by Gasteiger charge is -2.21. The van der Waals surface area contributed by atoms with Crippen molar-refractivity contribution in [1.82, 2.24) is 9.97 Å². The van der Waals surface area contributed by atoms with Gasteiger partial charge in [0.05, 0.1) is 11.4 Å². The maximum atomic E-state index is 5.22. The van der Waals surface area contributed by atoms with Crippen LogP contribution in [-0.4, -0.2) is 9.97 Å². The zero-order valence-corrected chi connectivity index (χ0v) is 29.7. The van der Waals surface area contributed by atoms with E-state index >= 15 is 0 Å². The topological polar surface area (TPSA) is 25.8 Å².